The van der Waals surface area contributed by atoms with Gasteiger partial charge in [-0.05, 0) is 36.6 Å². The maximum absolute atomic E-state index is 11.9. The summed E-state index contributed by atoms with van der Waals surface area (Å²) in [5.74, 6) is 1.09. The third-order valence-corrected chi connectivity index (χ3v) is 2.45. The number of halogens is 3. The summed E-state index contributed by atoms with van der Waals surface area (Å²) in [4.78, 5) is 0. The molecule has 0 bridgehead atoms. The molecule has 4 heteroatoms. The van der Waals surface area contributed by atoms with Crippen molar-refractivity contribution in [2.24, 2.45) is 0 Å². The molecule has 1 nitrogen and oxygen atoms in total. The molecule has 0 heterocycles. The molecule has 1 rings (SSSR count). The molecule has 0 unspecified atom stereocenters. The van der Waals surface area contributed by atoms with Crippen molar-refractivity contribution in [2.75, 3.05) is 12.7 Å². The van der Waals surface area contributed by atoms with Gasteiger partial charge in [-0.15, -0.1) is 11.6 Å². The van der Waals surface area contributed by atoms with E-state index in [0.717, 1.165) is 18.4 Å². The number of ether oxygens (including phenoxy) is 1. The fourth-order valence-corrected chi connectivity index (χ4v) is 1.50. The van der Waals surface area contributed by atoms with Crippen LogP contribution in [0.3, 0.4) is 0 Å². The monoisotopic (exact) mass is 236 g/mol. The van der Waals surface area contributed by atoms with Gasteiger partial charge in [-0.3, -0.25) is 0 Å². The first kappa shape index (κ1) is 11.6. The SMILES string of the molecule is FCOc1ccc(Cl)c(CCCCl)c1. The Balaban J connectivity index is 2.74. The minimum absolute atomic E-state index is 0.501. The highest BCUT2D eigenvalue weighted by Gasteiger charge is 2.02. The van der Waals surface area contributed by atoms with Crippen LogP contribution in [0.1, 0.15) is 12.0 Å². The van der Waals surface area contributed by atoms with Crippen molar-refractivity contribution >= 4 is 23.2 Å². The van der Waals surface area contributed by atoms with Crippen LogP contribution in [0.4, 0.5) is 4.39 Å². The number of alkyl halides is 2. The first-order chi connectivity index (χ1) is 6.77. The highest BCUT2D eigenvalue weighted by molar-refractivity contribution is 6.31. The second kappa shape index (κ2) is 6.10. The Morgan fingerprint density at radius 2 is 2.14 bits per heavy atom. The van der Waals surface area contributed by atoms with Gasteiger partial charge in [-0.25, -0.2) is 4.39 Å². The van der Waals surface area contributed by atoms with E-state index in [1.54, 1.807) is 18.2 Å². The lowest BCUT2D eigenvalue weighted by Gasteiger charge is -2.06. The first-order valence-electron chi connectivity index (χ1n) is 4.31. The van der Waals surface area contributed by atoms with E-state index in [-0.39, 0.29) is 0 Å². The average Bonchev–Trinajstić information content (AvgIpc) is 2.19. The lowest BCUT2D eigenvalue weighted by Crippen LogP contribution is -1.93. The van der Waals surface area contributed by atoms with Crippen LogP contribution in [0.25, 0.3) is 0 Å². The van der Waals surface area contributed by atoms with E-state index in [2.05, 4.69) is 0 Å². The summed E-state index contributed by atoms with van der Waals surface area (Å²) in [6.45, 7) is -0.823. The zero-order valence-electron chi connectivity index (χ0n) is 7.60. The Kier molecular flexibility index (Phi) is 5.05. The molecule has 1 aromatic carbocycles. The lowest BCUT2D eigenvalue weighted by molar-refractivity contribution is 0.191. The Hall–Kier alpha value is -0.470. The maximum atomic E-state index is 11.9. The van der Waals surface area contributed by atoms with Crippen LogP contribution in [0.15, 0.2) is 18.2 Å². The molecule has 1 aromatic rings. The molecular weight excluding hydrogens is 226 g/mol. The van der Waals surface area contributed by atoms with Crippen molar-refractivity contribution in [3.8, 4) is 5.75 Å². The lowest BCUT2D eigenvalue weighted by atomic mass is 10.1. The third-order valence-electron chi connectivity index (χ3n) is 1.82. The molecule has 0 fully saturated rings. The van der Waals surface area contributed by atoms with Gasteiger partial charge >= 0.3 is 0 Å². The smallest absolute Gasteiger partial charge is 0.228 e. The van der Waals surface area contributed by atoms with Gasteiger partial charge < -0.3 is 4.74 Å². The molecule has 0 amide bonds. The van der Waals surface area contributed by atoms with E-state index < -0.39 is 6.86 Å². The van der Waals surface area contributed by atoms with Crippen molar-refractivity contribution in [2.45, 2.75) is 12.8 Å². The van der Waals surface area contributed by atoms with Gasteiger partial charge in [0.15, 0.2) is 0 Å². The molecule has 0 aliphatic rings. The van der Waals surface area contributed by atoms with Crippen LogP contribution in [0.5, 0.6) is 5.75 Å². The number of hydrogen-bond acceptors (Lipinski definition) is 1. The first-order valence-corrected chi connectivity index (χ1v) is 5.22. The summed E-state index contributed by atoms with van der Waals surface area (Å²) in [6, 6.07) is 5.09. The van der Waals surface area contributed by atoms with Gasteiger partial charge in [0.25, 0.3) is 0 Å². The van der Waals surface area contributed by atoms with Crippen LogP contribution < -0.4 is 4.74 Å². The summed E-state index contributed by atoms with van der Waals surface area (Å²) >= 11 is 11.5. The van der Waals surface area contributed by atoms with Crippen LogP contribution in [0.2, 0.25) is 5.02 Å². The molecule has 0 aliphatic heterocycles. The number of rotatable bonds is 5. The van der Waals surface area contributed by atoms with Crippen LogP contribution >= 0.6 is 23.2 Å². The molecule has 0 aromatic heterocycles. The molecule has 0 aliphatic carbocycles. The fraction of sp³-hybridized carbons (Fsp3) is 0.400. The number of benzene rings is 1. The molecule has 78 valence electrons. The van der Waals surface area contributed by atoms with E-state index >= 15 is 0 Å². The van der Waals surface area contributed by atoms with Crippen molar-refractivity contribution in [3.63, 3.8) is 0 Å². The average molecular weight is 237 g/mol. The second-order valence-corrected chi connectivity index (χ2v) is 3.58. The minimum Gasteiger partial charge on any atom is -0.463 e. The highest BCUT2D eigenvalue weighted by atomic mass is 35.5. The molecule has 0 saturated heterocycles. The van der Waals surface area contributed by atoms with Crippen LogP contribution in [-0.2, 0) is 6.42 Å². The van der Waals surface area contributed by atoms with Crippen LogP contribution in [0, 0.1) is 0 Å². The third kappa shape index (κ3) is 3.35. The molecule has 14 heavy (non-hydrogen) atoms. The van der Waals surface area contributed by atoms with Crippen molar-refractivity contribution in [1.82, 2.24) is 0 Å². The maximum Gasteiger partial charge on any atom is 0.228 e. The minimum atomic E-state index is -0.823. The molecule has 0 radical (unpaired) electrons. The molecular formula is C10H11Cl2FO. The van der Waals surface area contributed by atoms with Gasteiger partial charge in [-0.2, -0.15) is 0 Å². The summed E-state index contributed by atoms with van der Waals surface area (Å²) in [7, 11) is 0. The van der Waals surface area contributed by atoms with Gasteiger partial charge in [0.05, 0.1) is 0 Å². The normalized spacial score (nSPS) is 10.2. The van der Waals surface area contributed by atoms with Crippen LogP contribution in [-0.4, -0.2) is 12.7 Å². The highest BCUT2D eigenvalue weighted by Crippen LogP contribution is 2.23. The van der Waals surface area contributed by atoms with E-state index in [0.29, 0.717) is 16.7 Å². The Bertz CT molecular complexity index is 291. The Labute approximate surface area is 92.8 Å². The van der Waals surface area contributed by atoms with Crippen molar-refractivity contribution in [3.05, 3.63) is 28.8 Å². The van der Waals surface area contributed by atoms with Gasteiger partial charge in [0.1, 0.15) is 5.75 Å². The van der Waals surface area contributed by atoms with Crippen molar-refractivity contribution < 1.29 is 9.13 Å². The number of hydrogen-bond donors (Lipinski definition) is 0. The van der Waals surface area contributed by atoms with E-state index in [4.69, 9.17) is 27.9 Å². The van der Waals surface area contributed by atoms with Gasteiger partial charge in [0.2, 0.25) is 6.86 Å². The van der Waals surface area contributed by atoms with Gasteiger partial charge in [0, 0.05) is 10.9 Å². The molecule has 0 saturated carbocycles. The quantitative estimate of drug-likeness (QED) is 0.707. The summed E-state index contributed by atoms with van der Waals surface area (Å²) in [6.07, 6.45) is 1.63. The Morgan fingerprint density at radius 1 is 1.36 bits per heavy atom. The second-order valence-electron chi connectivity index (χ2n) is 2.80. The fourth-order valence-electron chi connectivity index (χ4n) is 1.15. The van der Waals surface area contributed by atoms with E-state index in [9.17, 15) is 4.39 Å². The molecule has 0 N–H and O–H groups in total. The molecule has 0 atom stereocenters. The summed E-state index contributed by atoms with van der Waals surface area (Å²) in [5.41, 5.74) is 0.943. The zero-order chi connectivity index (χ0) is 10.4. The summed E-state index contributed by atoms with van der Waals surface area (Å²) < 4.78 is 16.6. The largest absolute Gasteiger partial charge is 0.463 e. The van der Waals surface area contributed by atoms with Crippen molar-refractivity contribution in [1.29, 1.82) is 0 Å². The summed E-state index contributed by atoms with van der Waals surface area (Å²) in [5, 5.41) is 0.668. The molecule has 0 spiro atoms. The standard InChI is InChI=1S/C10H11Cl2FO/c11-5-1-2-8-6-9(14-7-13)3-4-10(8)12/h3-4,6H,1-2,5,7H2. The zero-order valence-corrected chi connectivity index (χ0v) is 9.11. The predicted molar refractivity (Wildman–Crippen MR) is 57.1 cm³/mol. The van der Waals surface area contributed by atoms with E-state index in [1.165, 1.54) is 0 Å². The number of aryl methyl sites for hydroxylation is 1. The van der Waals surface area contributed by atoms with E-state index in [1.807, 2.05) is 0 Å². The van der Waals surface area contributed by atoms with Gasteiger partial charge in [-0.1, -0.05) is 11.6 Å². The topological polar surface area (TPSA) is 9.23 Å². The predicted octanol–water partition coefficient (Wildman–Crippen LogP) is 3.82. The Morgan fingerprint density at radius 3 is 2.79 bits per heavy atom.